The van der Waals surface area contributed by atoms with E-state index >= 15 is 0 Å². The van der Waals surface area contributed by atoms with Crippen LogP contribution in [0.4, 0.5) is 51.2 Å². The molecule has 0 amide bonds. The highest BCUT2D eigenvalue weighted by atomic mass is 15.1. The summed E-state index contributed by atoms with van der Waals surface area (Å²) in [5, 5.41) is 2.23. The van der Waals surface area contributed by atoms with Crippen molar-refractivity contribution in [3.8, 4) is 61.8 Å². The number of aromatic nitrogens is 3. The second-order valence-corrected chi connectivity index (χ2v) is 19.4. The minimum Gasteiger partial charge on any atom is -0.310 e. The summed E-state index contributed by atoms with van der Waals surface area (Å²) in [5.41, 5.74) is 18.0. The van der Waals surface area contributed by atoms with Crippen molar-refractivity contribution in [2.24, 2.45) is 0 Å². The summed E-state index contributed by atoms with van der Waals surface area (Å²) in [7, 11) is 0. The molecule has 0 atom stereocenters. The molecular weight excluding hydrogens is 989 g/mol. The molecule has 8 nitrogen and oxygen atoms in total. The molecule has 8 heteroatoms. The molecule has 378 valence electrons. The molecule has 2 heterocycles. The summed E-state index contributed by atoms with van der Waals surface area (Å²) in [6.07, 6.45) is 0. The van der Waals surface area contributed by atoms with Gasteiger partial charge in [0.05, 0.1) is 42.1 Å². The molecule has 13 aromatic rings. The minimum atomic E-state index is 0.408. The Bertz CT molecular complexity index is 4300. The normalized spacial score (nSPS) is 10.9. The lowest BCUT2D eigenvalue weighted by atomic mass is 9.97. The third kappa shape index (κ3) is 9.36. The molecule has 81 heavy (non-hydrogen) atoms. The van der Waals surface area contributed by atoms with Gasteiger partial charge in [-0.15, -0.1) is 0 Å². The largest absolute Gasteiger partial charge is 0.310 e. The Morgan fingerprint density at radius 2 is 0.716 bits per heavy atom. The van der Waals surface area contributed by atoms with Crippen molar-refractivity contribution in [1.82, 2.24) is 14.5 Å². The van der Waals surface area contributed by atoms with Crippen LogP contribution in [-0.4, -0.2) is 14.5 Å². The number of hydrogen-bond donors (Lipinski definition) is 0. The highest BCUT2D eigenvalue weighted by molar-refractivity contribution is 6.12. The van der Waals surface area contributed by atoms with Gasteiger partial charge in [0.25, 0.3) is 0 Å². The van der Waals surface area contributed by atoms with Crippen molar-refractivity contribution in [2.75, 3.05) is 9.80 Å². The van der Waals surface area contributed by atoms with Crippen molar-refractivity contribution in [3.05, 3.63) is 313 Å². The number of nitrogens with zero attached hydrogens (tertiary/aromatic N) is 8. The first kappa shape index (κ1) is 49.0. The SMILES string of the molecule is [C-]#[N+]c1cc(-c2ccc(-c3cc(-c4ccccc4[N+]#[C-])nc(-c4ccccc4[N+]#[C-])n3)cc2)ccc1-c1ccc(-n2c3ccc(N(c4ccccc4)c4ccccc4)cc3c3cc(N(c4ccccc4)c4ccccc4)ccc32)cc1. The predicted octanol–water partition coefficient (Wildman–Crippen LogP) is 20.5. The van der Waals surface area contributed by atoms with E-state index in [-0.39, 0.29) is 0 Å². The van der Waals surface area contributed by atoms with Gasteiger partial charge >= 0.3 is 0 Å². The molecule has 0 radical (unpaired) electrons. The number of fused-ring (bicyclic) bond motifs is 3. The van der Waals surface area contributed by atoms with Gasteiger partial charge in [-0.2, -0.15) is 0 Å². The van der Waals surface area contributed by atoms with Gasteiger partial charge in [-0.3, -0.25) is 0 Å². The maximum atomic E-state index is 8.39. The Balaban J connectivity index is 0.865. The van der Waals surface area contributed by atoms with Crippen molar-refractivity contribution < 1.29 is 0 Å². The number of anilines is 6. The third-order valence-electron chi connectivity index (χ3n) is 14.7. The maximum Gasteiger partial charge on any atom is 0.198 e. The van der Waals surface area contributed by atoms with Crippen LogP contribution in [0.1, 0.15) is 0 Å². The van der Waals surface area contributed by atoms with Crippen LogP contribution in [0.25, 0.3) is 98.2 Å². The summed E-state index contributed by atoms with van der Waals surface area (Å²) < 4.78 is 2.34. The molecule has 0 fully saturated rings. The van der Waals surface area contributed by atoms with E-state index in [0.717, 1.165) is 89.4 Å². The fourth-order valence-electron chi connectivity index (χ4n) is 10.8. The van der Waals surface area contributed by atoms with Crippen LogP contribution in [-0.2, 0) is 0 Å². The van der Waals surface area contributed by atoms with Crippen LogP contribution in [0.5, 0.6) is 0 Å². The van der Waals surface area contributed by atoms with Gasteiger partial charge in [0, 0.05) is 67.3 Å². The molecule has 0 unspecified atom stereocenters. The molecule has 0 aliphatic carbocycles. The average Bonchev–Trinajstić information content (AvgIpc) is 4.13. The van der Waals surface area contributed by atoms with Crippen molar-refractivity contribution in [1.29, 1.82) is 0 Å². The summed E-state index contributed by atoms with van der Waals surface area (Å²) in [6.45, 7) is 24.1. The average molecular weight is 1040 g/mol. The van der Waals surface area contributed by atoms with E-state index < -0.39 is 0 Å². The first-order valence-corrected chi connectivity index (χ1v) is 26.5. The molecule has 0 saturated carbocycles. The fraction of sp³-hybridized carbons (Fsp3) is 0. The molecule has 2 aromatic heterocycles. The Hall–Kier alpha value is -11.6. The Morgan fingerprint density at radius 3 is 1.22 bits per heavy atom. The van der Waals surface area contributed by atoms with Gasteiger partial charge in [0.2, 0.25) is 0 Å². The summed E-state index contributed by atoms with van der Waals surface area (Å²) in [4.78, 5) is 26.1. The lowest BCUT2D eigenvalue weighted by molar-refractivity contribution is 1.18. The summed E-state index contributed by atoms with van der Waals surface area (Å²) in [5.74, 6) is 0.408. The smallest absolute Gasteiger partial charge is 0.198 e. The molecule has 0 N–H and O–H groups in total. The minimum absolute atomic E-state index is 0.408. The standard InChI is InChI=1S/C73H46N8/c1-74-66-30-18-16-28-62(66)70-49-68(77-73(78-70)63-29-17-19-31-67(63)75-2)52-34-32-50(33-35-52)53-38-43-61(69(46-53)76-3)51-36-39-58(40-37-51)81-71-44-41-59(79(54-20-8-4-9-21-54)55-22-10-5-11-23-55)47-64(71)65-48-60(42-45-72(65)81)80(56-24-12-6-13-25-56)57-26-14-7-15-27-57/h4-49H. The lowest BCUT2D eigenvalue weighted by Gasteiger charge is -2.26. The van der Waals surface area contributed by atoms with Crippen LogP contribution in [0, 0.1) is 19.7 Å². The zero-order valence-corrected chi connectivity index (χ0v) is 43.6. The number of para-hydroxylation sites is 6. The maximum absolute atomic E-state index is 8.39. The van der Waals surface area contributed by atoms with E-state index in [1.54, 1.807) is 12.1 Å². The summed E-state index contributed by atoms with van der Waals surface area (Å²) >= 11 is 0. The highest BCUT2D eigenvalue weighted by Crippen LogP contribution is 2.44. The van der Waals surface area contributed by atoms with Gasteiger partial charge in [-0.1, -0.05) is 170 Å². The third-order valence-corrected chi connectivity index (χ3v) is 14.7. The second kappa shape index (κ2) is 21.4. The van der Waals surface area contributed by atoms with Crippen molar-refractivity contribution in [3.63, 3.8) is 0 Å². The quantitative estimate of drug-likeness (QED) is 0.114. The first-order valence-electron chi connectivity index (χ1n) is 26.5. The predicted molar refractivity (Wildman–Crippen MR) is 332 cm³/mol. The molecular formula is C73H46N8. The van der Waals surface area contributed by atoms with E-state index in [9.17, 15) is 0 Å². The second-order valence-electron chi connectivity index (χ2n) is 19.4. The van der Waals surface area contributed by atoms with Crippen LogP contribution in [0.3, 0.4) is 0 Å². The van der Waals surface area contributed by atoms with Gasteiger partial charge in [0.1, 0.15) is 5.82 Å². The van der Waals surface area contributed by atoms with Crippen LogP contribution in [0.15, 0.2) is 279 Å². The van der Waals surface area contributed by atoms with Gasteiger partial charge < -0.3 is 14.4 Å². The summed E-state index contributed by atoms with van der Waals surface area (Å²) in [6, 6.07) is 94.9. The number of hydrogen-bond acceptors (Lipinski definition) is 4. The fourth-order valence-corrected chi connectivity index (χ4v) is 10.8. The topological polar surface area (TPSA) is 50.3 Å². The van der Waals surface area contributed by atoms with E-state index in [4.69, 9.17) is 29.7 Å². The monoisotopic (exact) mass is 1030 g/mol. The van der Waals surface area contributed by atoms with E-state index in [2.05, 4.69) is 217 Å². The molecule has 0 aliphatic rings. The Kier molecular flexibility index (Phi) is 12.9. The zero-order valence-electron chi connectivity index (χ0n) is 43.6. The molecule has 0 bridgehead atoms. The Morgan fingerprint density at radius 1 is 0.296 bits per heavy atom. The van der Waals surface area contributed by atoms with E-state index in [1.165, 1.54) is 0 Å². The highest BCUT2D eigenvalue weighted by Gasteiger charge is 2.21. The molecule has 0 spiro atoms. The Labute approximate surface area is 470 Å². The molecule has 0 saturated heterocycles. The van der Waals surface area contributed by atoms with Gasteiger partial charge in [0.15, 0.2) is 17.1 Å². The number of rotatable bonds is 12. The first-order chi connectivity index (χ1) is 40.0. The molecule has 11 aromatic carbocycles. The van der Waals surface area contributed by atoms with Crippen LogP contribution < -0.4 is 9.80 Å². The van der Waals surface area contributed by atoms with Crippen LogP contribution in [0.2, 0.25) is 0 Å². The number of benzene rings is 11. The van der Waals surface area contributed by atoms with Crippen molar-refractivity contribution in [2.45, 2.75) is 0 Å². The van der Waals surface area contributed by atoms with Gasteiger partial charge in [-0.05, 0) is 131 Å². The van der Waals surface area contributed by atoms with Crippen molar-refractivity contribution >= 4 is 73.0 Å². The lowest BCUT2D eigenvalue weighted by Crippen LogP contribution is -2.09. The van der Waals surface area contributed by atoms with Gasteiger partial charge in [-0.25, -0.2) is 24.5 Å². The van der Waals surface area contributed by atoms with Crippen LogP contribution >= 0.6 is 0 Å². The van der Waals surface area contributed by atoms with E-state index in [0.29, 0.717) is 45.4 Å². The zero-order chi connectivity index (χ0) is 54.7. The van der Waals surface area contributed by atoms with E-state index in [1.807, 2.05) is 78.9 Å². The molecule has 0 aliphatic heterocycles. The molecule has 13 rings (SSSR count).